The van der Waals surface area contributed by atoms with Gasteiger partial charge in [-0.2, -0.15) is 5.10 Å². The molecule has 2 rings (SSSR count). The van der Waals surface area contributed by atoms with Crippen molar-refractivity contribution in [1.29, 1.82) is 0 Å². The lowest BCUT2D eigenvalue weighted by atomic mass is 10.0. The number of aromatic nitrogens is 2. The third kappa shape index (κ3) is 2.33. The molecule has 0 spiro atoms. The summed E-state index contributed by atoms with van der Waals surface area (Å²) in [6.45, 7) is 1.77. The summed E-state index contributed by atoms with van der Waals surface area (Å²) in [6.07, 6.45) is 0.469. The molecule has 0 aliphatic carbocycles. The fraction of sp³-hybridized carbons (Fsp3) is 0.250. The molecule has 0 aliphatic heterocycles. The molecule has 0 fully saturated rings. The highest BCUT2D eigenvalue weighted by Crippen LogP contribution is 2.28. The Morgan fingerprint density at radius 2 is 2.12 bits per heavy atom. The zero-order chi connectivity index (χ0) is 12.6. The molecule has 5 heteroatoms. The second kappa shape index (κ2) is 4.47. The van der Waals surface area contributed by atoms with E-state index >= 15 is 0 Å². The maximum Gasteiger partial charge on any atom is 0.123 e. The average Bonchev–Trinajstić information content (AvgIpc) is 2.56. The second-order valence-electron chi connectivity index (χ2n) is 3.97. The van der Waals surface area contributed by atoms with Crippen LogP contribution >= 0.6 is 11.6 Å². The first-order valence-corrected chi connectivity index (χ1v) is 5.49. The van der Waals surface area contributed by atoms with E-state index < -0.39 is 6.10 Å². The highest BCUT2D eigenvalue weighted by Gasteiger charge is 2.19. The first kappa shape index (κ1) is 12.1. The minimum atomic E-state index is -0.982. The largest absolute Gasteiger partial charge is 0.382 e. The van der Waals surface area contributed by atoms with Crippen molar-refractivity contribution < 1.29 is 9.50 Å². The maximum absolute atomic E-state index is 13.3. The molecule has 1 heterocycles. The summed E-state index contributed by atoms with van der Waals surface area (Å²) in [6, 6.07) is 4.42. The third-order valence-electron chi connectivity index (χ3n) is 2.58. The van der Waals surface area contributed by atoms with Gasteiger partial charge in [-0.1, -0.05) is 17.7 Å². The van der Waals surface area contributed by atoms with Gasteiger partial charge in [0.1, 0.15) is 11.9 Å². The SMILES string of the molecule is Cc1cc(F)cc(C(O)c2c(Cl)cnn2C)c1. The highest BCUT2D eigenvalue weighted by atomic mass is 35.5. The molecule has 90 valence electrons. The van der Waals surface area contributed by atoms with Crippen LogP contribution in [0.4, 0.5) is 4.39 Å². The van der Waals surface area contributed by atoms with E-state index in [4.69, 9.17) is 11.6 Å². The van der Waals surface area contributed by atoms with Crippen LogP contribution in [-0.4, -0.2) is 14.9 Å². The second-order valence-corrected chi connectivity index (χ2v) is 4.37. The van der Waals surface area contributed by atoms with E-state index in [-0.39, 0.29) is 5.82 Å². The minimum Gasteiger partial charge on any atom is -0.382 e. The van der Waals surface area contributed by atoms with Gasteiger partial charge in [-0.15, -0.1) is 0 Å². The Bertz CT molecular complexity index is 514. The molecule has 3 nitrogen and oxygen atoms in total. The van der Waals surface area contributed by atoms with Crippen molar-refractivity contribution in [3.63, 3.8) is 0 Å². The number of benzene rings is 1. The Kier molecular flexibility index (Phi) is 3.17. The molecule has 1 N–H and O–H groups in total. The number of nitrogens with zero attached hydrogens (tertiary/aromatic N) is 2. The molecule has 0 saturated carbocycles. The van der Waals surface area contributed by atoms with Gasteiger partial charge < -0.3 is 5.11 Å². The zero-order valence-electron chi connectivity index (χ0n) is 9.48. The minimum absolute atomic E-state index is 0.363. The van der Waals surface area contributed by atoms with Crippen LogP contribution in [0.1, 0.15) is 22.9 Å². The molecule has 1 aromatic heterocycles. The van der Waals surface area contributed by atoms with Gasteiger partial charge in [0, 0.05) is 7.05 Å². The summed E-state index contributed by atoms with van der Waals surface area (Å²) in [5.41, 5.74) is 1.67. The highest BCUT2D eigenvalue weighted by molar-refractivity contribution is 6.31. The lowest BCUT2D eigenvalue weighted by Crippen LogP contribution is -2.07. The van der Waals surface area contributed by atoms with Gasteiger partial charge in [-0.25, -0.2) is 4.39 Å². The van der Waals surface area contributed by atoms with Gasteiger partial charge in [0.25, 0.3) is 0 Å². The smallest absolute Gasteiger partial charge is 0.123 e. The number of halogens is 2. The van der Waals surface area contributed by atoms with Crippen LogP contribution in [0.5, 0.6) is 0 Å². The first-order chi connectivity index (χ1) is 7.99. The van der Waals surface area contributed by atoms with Crippen LogP contribution in [0.15, 0.2) is 24.4 Å². The monoisotopic (exact) mass is 254 g/mol. The Morgan fingerprint density at radius 1 is 1.41 bits per heavy atom. The van der Waals surface area contributed by atoms with E-state index in [1.165, 1.54) is 23.0 Å². The van der Waals surface area contributed by atoms with Crippen LogP contribution in [0.2, 0.25) is 5.02 Å². The van der Waals surface area contributed by atoms with E-state index in [2.05, 4.69) is 5.10 Å². The maximum atomic E-state index is 13.3. The summed E-state index contributed by atoms with van der Waals surface area (Å²) in [4.78, 5) is 0. The third-order valence-corrected chi connectivity index (χ3v) is 2.87. The van der Waals surface area contributed by atoms with Gasteiger partial charge >= 0.3 is 0 Å². The fourth-order valence-corrected chi connectivity index (χ4v) is 2.08. The van der Waals surface area contributed by atoms with E-state index in [9.17, 15) is 9.50 Å². The number of hydrogen-bond donors (Lipinski definition) is 1. The van der Waals surface area contributed by atoms with Crippen molar-refractivity contribution in [1.82, 2.24) is 9.78 Å². The molecular weight excluding hydrogens is 243 g/mol. The van der Waals surface area contributed by atoms with Crippen molar-refractivity contribution in [2.24, 2.45) is 7.05 Å². The first-order valence-electron chi connectivity index (χ1n) is 5.11. The van der Waals surface area contributed by atoms with E-state index in [0.717, 1.165) is 5.56 Å². The predicted molar refractivity (Wildman–Crippen MR) is 63.4 cm³/mol. The Balaban J connectivity index is 2.47. The van der Waals surface area contributed by atoms with E-state index in [0.29, 0.717) is 16.3 Å². The lowest BCUT2D eigenvalue weighted by Gasteiger charge is -2.13. The van der Waals surface area contributed by atoms with E-state index in [1.54, 1.807) is 20.0 Å². The molecule has 1 unspecified atom stereocenters. The average molecular weight is 255 g/mol. The summed E-state index contributed by atoms with van der Waals surface area (Å²) < 4.78 is 14.7. The number of aliphatic hydroxyl groups is 1. The summed E-state index contributed by atoms with van der Waals surface area (Å²) >= 11 is 5.93. The molecule has 17 heavy (non-hydrogen) atoms. The van der Waals surface area contributed by atoms with Gasteiger partial charge in [0.15, 0.2) is 0 Å². The molecular formula is C12H12ClFN2O. The van der Waals surface area contributed by atoms with Crippen molar-refractivity contribution in [2.75, 3.05) is 0 Å². The molecule has 0 aliphatic rings. The molecule has 1 atom stereocenters. The Labute approximate surface area is 103 Å². The van der Waals surface area contributed by atoms with Gasteiger partial charge in [0.05, 0.1) is 16.9 Å². The quantitative estimate of drug-likeness (QED) is 0.895. The number of hydrogen-bond acceptors (Lipinski definition) is 2. The van der Waals surface area contributed by atoms with Crippen molar-refractivity contribution in [3.8, 4) is 0 Å². The van der Waals surface area contributed by atoms with Gasteiger partial charge in [-0.05, 0) is 30.2 Å². The molecule has 0 bridgehead atoms. The van der Waals surface area contributed by atoms with Crippen LogP contribution in [0, 0.1) is 12.7 Å². The molecule has 1 aromatic carbocycles. The van der Waals surface area contributed by atoms with Crippen LogP contribution in [-0.2, 0) is 7.05 Å². The van der Waals surface area contributed by atoms with Gasteiger partial charge in [-0.3, -0.25) is 4.68 Å². The summed E-state index contributed by atoms with van der Waals surface area (Å²) in [5.74, 6) is -0.377. The summed E-state index contributed by atoms with van der Waals surface area (Å²) in [7, 11) is 1.68. The van der Waals surface area contributed by atoms with Crippen LogP contribution in [0.25, 0.3) is 0 Å². The molecule has 0 amide bonds. The van der Waals surface area contributed by atoms with Crippen molar-refractivity contribution in [3.05, 3.63) is 52.1 Å². The Morgan fingerprint density at radius 3 is 2.65 bits per heavy atom. The number of rotatable bonds is 2. The topological polar surface area (TPSA) is 38.1 Å². The molecule has 0 radical (unpaired) electrons. The predicted octanol–water partition coefficient (Wildman–Crippen LogP) is 2.60. The summed E-state index contributed by atoms with van der Waals surface area (Å²) in [5, 5.41) is 14.5. The standard InChI is InChI=1S/C12H12ClFN2O/c1-7-3-8(5-9(14)4-7)12(17)11-10(13)6-15-16(11)2/h3-6,12,17H,1-2H3. The van der Waals surface area contributed by atoms with Crippen molar-refractivity contribution in [2.45, 2.75) is 13.0 Å². The normalized spacial score (nSPS) is 12.8. The van der Waals surface area contributed by atoms with E-state index in [1.807, 2.05) is 0 Å². The van der Waals surface area contributed by atoms with Gasteiger partial charge in [0.2, 0.25) is 0 Å². The van der Waals surface area contributed by atoms with Crippen molar-refractivity contribution >= 4 is 11.6 Å². The lowest BCUT2D eigenvalue weighted by molar-refractivity contribution is 0.209. The fourth-order valence-electron chi connectivity index (χ4n) is 1.81. The number of aryl methyl sites for hydroxylation is 2. The van der Waals surface area contributed by atoms with Crippen LogP contribution in [0.3, 0.4) is 0 Å². The molecule has 0 saturated heterocycles. The van der Waals surface area contributed by atoms with Crippen LogP contribution < -0.4 is 0 Å². The molecule has 2 aromatic rings. The zero-order valence-corrected chi connectivity index (χ0v) is 10.2. The Hall–Kier alpha value is -1.39. The number of aliphatic hydroxyl groups excluding tert-OH is 1.